The molecular formula is C17H19N5OS. The van der Waals surface area contributed by atoms with Crippen molar-refractivity contribution in [3.05, 3.63) is 47.6 Å². The van der Waals surface area contributed by atoms with Gasteiger partial charge in [0.2, 0.25) is 0 Å². The van der Waals surface area contributed by atoms with Gasteiger partial charge < -0.3 is 4.90 Å². The third kappa shape index (κ3) is 3.51. The molecule has 0 spiro atoms. The first-order valence-corrected chi connectivity index (χ1v) is 8.75. The van der Waals surface area contributed by atoms with Crippen LogP contribution in [0.25, 0.3) is 16.1 Å². The highest BCUT2D eigenvalue weighted by atomic mass is 32.1. The molecule has 7 heteroatoms. The molecule has 3 rings (SSSR count). The van der Waals surface area contributed by atoms with Crippen molar-refractivity contribution in [2.24, 2.45) is 0 Å². The molecule has 0 bridgehead atoms. The number of thiophene rings is 1. The second kappa shape index (κ2) is 7.35. The van der Waals surface area contributed by atoms with Crippen LogP contribution in [0.15, 0.2) is 42.0 Å². The molecule has 0 radical (unpaired) electrons. The highest BCUT2D eigenvalue weighted by Crippen LogP contribution is 2.28. The number of benzene rings is 1. The number of carbonyl (C=O) groups excluding carboxylic acids is 1. The van der Waals surface area contributed by atoms with Crippen LogP contribution in [0.1, 0.15) is 30.1 Å². The average molecular weight is 341 g/mol. The van der Waals surface area contributed by atoms with Gasteiger partial charge in [0.25, 0.3) is 5.91 Å². The van der Waals surface area contributed by atoms with Crippen LogP contribution in [-0.4, -0.2) is 44.6 Å². The standard InChI is InChI=1S/C17H19N5OS/c1-3-4-7-21(2)17(23)14-9-13(16-6-5-8-24-16)10-15(11-14)22-12-18-19-20-22/h5-6,8-12H,3-4,7H2,1-2H3. The van der Waals surface area contributed by atoms with E-state index in [2.05, 4.69) is 22.4 Å². The first-order chi connectivity index (χ1) is 11.7. The first kappa shape index (κ1) is 16.3. The van der Waals surface area contributed by atoms with Gasteiger partial charge in [0.05, 0.1) is 5.69 Å². The van der Waals surface area contributed by atoms with Gasteiger partial charge in [-0.2, -0.15) is 0 Å². The lowest BCUT2D eigenvalue weighted by molar-refractivity contribution is 0.0793. The Kier molecular flexibility index (Phi) is 5.00. The Morgan fingerprint density at radius 1 is 1.33 bits per heavy atom. The monoisotopic (exact) mass is 341 g/mol. The summed E-state index contributed by atoms with van der Waals surface area (Å²) >= 11 is 1.64. The summed E-state index contributed by atoms with van der Waals surface area (Å²) in [5, 5.41) is 13.3. The third-order valence-electron chi connectivity index (χ3n) is 3.78. The average Bonchev–Trinajstić information content (AvgIpc) is 3.32. The number of nitrogens with zero attached hydrogens (tertiary/aromatic N) is 5. The molecule has 1 aromatic carbocycles. The number of aromatic nitrogens is 4. The number of rotatable bonds is 6. The van der Waals surface area contributed by atoms with Crippen molar-refractivity contribution in [1.29, 1.82) is 0 Å². The van der Waals surface area contributed by atoms with Crippen LogP contribution in [0.3, 0.4) is 0 Å². The molecule has 0 aliphatic heterocycles. The molecule has 124 valence electrons. The summed E-state index contributed by atoms with van der Waals surface area (Å²) in [5.41, 5.74) is 2.41. The molecule has 6 nitrogen and oxygen atoms in total. The highest BCUT2D eigenvalue weighted by molar-refractivity contribution is 7.13. The highest BCUT2D eigenvalue weighted by Gasteiger charge is 2.15. The minimum absolute atomic E-state index is 0.0104. The molecule has 0 atom stereocenters. The number of carbonyl (C=O) groups is 1. The predicted octanol–water partition coefficient (Wildman–Crippen LogP) is 3.26. The second-order valence-corrected chi connectivity index (χ2v) is 6.53. The molecular weight excluding hydrogens is 322 g/mol. The van der Waals surface area contributed by atoms with E-state index >= 15 is 0 Å². The lowest BCUT2D eigenvalue weighted by atomic mass is 10.1. The van der Waals surface area contributed by atoms with Crippen molar-refractivity contribution in [2.45, 2.75) is 19.8 Å². The van der Waals surface area contributed by atoms with Crippen molar-refractivity contribution < 1.29 is 4.79 Å². The van der Waals surface area contributed by atoms with Crippen LogP contribution in [0.5, 0.6) is 0 Å². The van der Waals surface area contributed by atoms with E-state index in [1.165, 1.54) is 6.33 Å². The Labute approximate surface area is 144 Å². The molecule has 0 fully saturated rings. The van der Waals surface area contributed by atoms with Crippen LogP contribution >= 0.6 is 11.3 Å². The minimum atomic E-state index is 0.0104. The molecule has 1 amide bonds. The Morgan fingerprint density at radius 3 is 2.88 bits per heavy atom. The molecule has 0 aliphatic rings. The van der Waals surface area contributed by atoms with Crippen LogP contribution in [0, 0.1) is 0 Å². The van der Waals surface area contributed by atoms with E-state index in [0.29, 0.717) is 5.56 Å². The van der Waals surface area contributed by atoms with Gasteiger partial charge in [0.1, 0.15) is 6.33 Å². The zero-order valence-corrected chi connectivity index (χ0v) is 14.5. The summed E-state index contributed by atoms with van der Waals surface area (Å²) in [6.07, 6.45) is 3.58. The van der Waals surface area contributed by atoms with E-state index in [0.717, 1.165) is 35.5 Å². The molecule has 0 unspecified atom stereocenters. The van der Waals surface area contributed by atoms with Gasteiger partial charge >= 0.3 is 0 Å². The van der Waals surface area contributed by atoms with Crippen LogP contribution in [0.2, 0.25) is 0 Å². The van der Waals surface area contributed by atoms with Crippen molar-refractivity contribution in [3.8, 4) is 16.1 Å². The summed E-state index contributed by atoms with van der Waals surface area (Å²) < 4.78 is 1.57. The number of tetrazole rings is 1. The van der Waals surface area contributed by atoms with E-state index < -0.39 is 0 Å². The van der Waals surface area contributed by atoms with E-state index in [4.69, 9.17) is 0 Å². The van der Waals surface area contributed by atoms with Crippen LogP contribution in [-0.2, 0) is 0 Å². The fourth-order valence-corrected chi connectivity index (χ4v) is 3.16. The topological polar surface area (TPSA) is 63.9 Å². The van der Waals surface area contributed by atoms with E-state index in [-0.39, 0.29) is 5.91 Å². The number of unbranched alkanes of at least 4 members (excludes halogenated alkanes) is 1. The maximum absolute atomic E-state index is 12.8. The summed E-state index contributed by atoms with van der Waals surface area (Å²) in [6, 6.07) is 9.80. The number of hydrogen-bond acceptors (Lipinski definition) is 5. The predicted molar refractivity (Wildman–Crippen MR) is 94.3 cm³/mol. The zero-order chi connectivity index (χ0) is 16.9. The van der Waals surface area contributed by atoms with Gasteiger partial charge in [0, 0.05) is 24.0 Å². The van der Waals surface area contributed by atoms with Crippen LogP contribution < -0.4 is 0 Å². The Balaban J connectivity index is 2.00. The number of amides is 1. The van der Waals surface area contributed by atoms with Crippen molar-refractivity contribution in [1.82, 2.24) is 25.1 Å². The van der Waals surface area contributed by atoms with Crippen molar-refractivity contribution >= 4 is 17.2 Å². The first-order valence-electron chi connectivity index (χ1n) is 7.87. The van der Waals surface area contributed by atoms with Gasteiger partial charge in [0.15, 0.2) is 0 Å². The molecule has 0 aliphatic carbocycles. The smallest absolute Gasteiger partial charge is 0.253 e. The molecule has 24 heavy (non-hydrogen) atoms. The van der Waals surface area contributed by atoms with Crippen LogP contribution in [0.4, 0.5) is 0 Å². The normalized spacial score (nSPS) is 10.8. The van der Waals surface area contributed by atoms with E-state index in [1.807, 2.05) is 42.8 Å². The summed E-state index contributed by atoms with van der Waals surface area (Å²) in [5.74, 6) is 0.0104. The molecule has 3 aromatic rings. The van der Waals surface area contributed by atoms with Gasteiger partial charge in [-0.15, -0.1) is 16.4 Å². The largest absolute Gasteiger partial charge is 0.342 e. The lowest BCUT2D eigenvalue weighted by Crippen LogP contribution is -2.27. The number of hydrogen-bond donors (Lipinski definition) is 0. The second-order valence-electron chi connectivity index (χ2n) is 5.58. The minimum Gasteiger partial charge on any atom is -0.342 e. The van der Waals surface area contributed by atoms with Gasteiger partial charge in [-0.05, 0) is 52.1 Å². The summed E-state index contributed by atoms with van der Waals surface area (Å²) in [4.78, 5) is 15.6. The third-order valence-corrected chi connectivity index (χ3v) is 4.70. The lowest BCUT2D eigenvalue weighted by Gasteiger charge is -2.18. The molecule has 0 N–H and O–H groups in total. The van der Waals surface area contributed by atoms with Crippen molar-refractivity contribution in [3.63, 3.8) is 0 Å². The van der Waals surface area contributed by atoms with E-state index in [1.54, 1.807) is 20.9 Å². The Morgan fingerprint density at radius 2 is 2.21 bits per heavy atom. The molecule has 2 heterocycles. The van der Waals surface area contributed by atoms with Crippen molar-refractivity contribution in [2.75, 3.05) is 13.6 Å². The molecule has 2 aromatic heterocycles. The maximum Gasteiger partial charge on any atom is 0.253 e. The Hall–Kier alpha value is -2.54. The summed E-state index contributed by atoms with van der Waals surface area (Å²) in [7, 11) is 1.84. The quantitative estimate of drug-likeness (QED) is 0.690. The van der Waals surface area contributed by atoms with E-state index in [9.17, 15) is 4.79 Å². The maximum atomic E-state index is 12.8. The zero-order valence-electron chi connectivity index (χ0n) is 13.7. The fraction of sp³-hybridized carbons (Fsp3) is 0.294. The summed E-state index contributed by atoms with van der Waals surface area (Å²) in [6.45, 7) is 2.87. The fourth-order valence-electron chi connectivity index (χ4n) is 2.45. The van der Waals surface area contributed by atoms with Gasteiger partial charge in [-0.25, -0.2) is 4.68 Å². The molecule has 0 saturated heterocycles. The SMILES string of the molecule is CCCCN(C)C(=O)c1cc(-c2cccs2)cc(-n2cnnn2)c1. The van der Waals surface area contributed by atoms with Gasteiger partial charge in [-0.1, -0.05) is 19.4 Å². The molecule has 0 saturated carbocycles. The van der Waals surface area contributed by atoms with Gasteiger partial charge in [-0.3, -0.25) is 4.79 Å². The Bertz CT molecular complexity index is 746.